The Hall–Kier alpha value is -2.47. The molecule has 0 atom stereocenters. The standard InChI is InChI=1S/C37H46N2O10S2.K/c1-36(2)28-24-26(50(44,45)46)18-20-30(28)38(22-12-6-10-16-34(40)41)32(36)14-8-5-9-15-33-37(3,4)29-25-27(51(47,48)49)19-21-31(29)39(33)23-13-7-11-17-35(42)43;/h5,8-9,14-15,18-21,24-25H,6-7,10-13,16-17,22-23H2,1-4H3,(H3-,40,41,42,43,44,45,46,47,48,49);/q;+1. The van der Waals surface area contributed by atoms with Crippen molar-refractivity contribution in [1.82, 2.24) is 0 Å². The number of hydrogen-bond donors (Lipinski definition) is 3. The van der Waals surface area contributed by atoms with Crippen molar-refractivity contribution in [2.24, 2.45) is 0 Å². The van der Waals surface area contributed by atoms with Gasteiger partial charge in [0.2, 0.25) is 5.69 Å². The second-order valence-electron chi connectivity index (χ2n) is 13.9. The maximum atomic E-state index is 12.0. The molecule has 2 aliphatic rings. The van der Waals surface area contributed by atoms with E-state index in [1.807, 2.05) is 58.1 Å². The van der Waals surface area contributed by atoms with Gasteiger partial charge in [0.1, 0.15) is 16.7 Å². The smallest absolute Gasteiger partial charge is 0.744 e. The zero-order valence-electron chi connectivity index (χ0n) is 30.3. The Labute approximate surface area is 348 Å². The van der Waals surface area contributed by atoms with Crippen molar-refractivity contribution < 1.29 is 102 Å². The molecule has 0 aromatic heterocycles. The second kappa shape index (κ2) is 17.8. The monoisotopic (exact) mass is 781 g/mol. The van der Waals surface area contributed by atoms with Crippen molar-refractivity contribution >= 4 is 49.3 Å². The van der Waals surface area contributed by atoms with Gasteiger partial charge >= 0.3 is 63.3 Å². The number of carboxylic acids is 2. The Kier molecular flexibility index (Phi) is 15.0. The van der Waals surface area contributed by atoms with Gasteiger partial charge in [0, 0.05) is 60.3 Å². The molecule has 2 aromatic rings. The summed E-state index contributed by atoms with van der Waals surface area (Å²) in [6.07, 6.45) is 13.5. The fourth-order valence-corrected chi connectivity index (χ4v) is 7.91. The Morgan fingerprint density at radius 1 is 0.788 bits per heavy atom. The Bertz CT molecular complexity index is 2030. The quantitative estimate of drug-likeness (QED) is 0.0702. The molecule has 0 spiro atoms. The van der Waals surface area contributed by atoms with Crippen LogP contribution in [0.2, 0.25) is 0 Å². The third-order valence-electron chi connectivity index (χ3n) is 9.59. The largest absolute Gasteiger partial charge is 1.00 e. The van der Waals surface area contributed by atoms with Gasteiger partial charge in [0.25, 0.3) is 10.1 Å². The molecule has 0 radical (unpaired) electrons. The summed E-state index contributed by atoms with van der Waals surface area (Å²) in [7, 11) is -9.09. The van der Waals surface area contributed by atoms with Gasteiger partial charge in [-0.3, -0.25) is 14.1 Å². The number of anilines is 1. The van der Waals surface area contributed by atoms with Gasteiger partial charge in [0.05, 0.1) is 15.2 Å². The van der Waals surface area contributed by atoms with E-state index < -0.39 is 43.0 Å². The summed E-state index contributed by atoms with van der Waals surface area (Å²) in [6, 6.07) is 8.92. The third kappa shape index (κ3) is 10.4. The fraction of sp³-hybridized carbons (Fsp3) is 0.432. The maximum absolute atomic E-state index is 12.0. The first-order valence-electron chi connectivity index (χ1n) is 16.9. The van der Waals surface area contributed by atoms with E-state index in [1.54, 1.807) is 12.1 Å². The molecule has 276 valence electrons. The van der Waals surface area contributed by atoms with E-state index in [4.69, 9.17) is 10.2 Å². The van der Waals surface area contributed by atoms with E-state index in [1.165, 1.54) is 24.3 Å². The molecule has 0 amide bonds. The number of aliphatic carboxylic acids is 2. The minimum Gasteiger partial charge on any atom is -0.744 e. The van der Waals surface area contributed by atoms with E-state index in [0.29, 0.717) is 57.2 Å². The summed E-state index contributed by atoms with van der Waals surface area (Å²) in [5.74, 6) is -1.70. The summed E-state index contributed by atoms with van der Waals surface area (Å²) in [5.41, 5.74) is 3.50. The first-order valence-corrected chi connectivity index (χ1v) is 19.7. The third-order valence-corrected chi connectivity index (χ3v) is 11.3. The van der Waals surface area contributed by atoms with Crippen LogP contribution in [0.15, 0.2) is 82.3 Å². The molecular weight excluding hydrogens is 736 g/mol. The van der Waals surface area contributed by atoms with Crippen LogP contribution in [-0.4, -0.2) is 71.5 Å². The fourth-order valence-electron chi connectivity index (χ4n) is 6.91. The molecule has 12 nitrogen and oxygen atoms in total. The van der Waals surface area contributed by atoms with Gasteiger partial charge in [-0.1, -0.05) is 38.5 Å². The molecule has 0 aliphatic carbocycles. The van der Waals surface area contributed by atoms with E-state index >= 15 is 0 Å². The van der Waals surface area contributed by atoms with Crippen LogP contribution in [0.5, 0.6) is 0 Å². The number of unbranched alkanes of at least 4 members (excludes halogenated alkanes) is 4. The van der Waals surface area contributed by atoms with E-state index in [2.05, 4.69) is 9.48 Å². The molecular formula is C37H46KN2O10S2+. The molecule has 0 unspecified atom stereocenters. The zero-order valence-corrected chi connectivity index (χ0v) is 35.1. The van der Waals surface area contributed by atoms with Crippen LogP contribution in [-0.2, 0) is 40.7 Å². The SMILES string of the molecule is CC1(C)C(/C=C/C=C/C=C2\N(CCCCCC(=O)O)c3ccc(S(=O)(=O)O)cc3C2(C)C)=[N+](CCCCCC(=O)O)c2ccc(S(=O)(=O)[O-])cc21.[K+]. The number of nitrogens with zero attached hydrogens (tertiary/aromatic N) is 2. The van der Waals surface area contributed by atoms with Gasteiger partial charge in [-0.2, -0.15) is 13.0 Å². The Morgan fingerprint density at radius 2 is 1.38 bits per heavy atom. The predicted molar refractivity (Wildman–Crippen MR) is 192 cm³/mol. The summed E-state index contributed by atoms with van der Waals surface area (Å²) < 4.78 is 71.3. The number of benzene rings is 2. The molecule has 0 bridgehead atoms. The number of hydrogen-bond acceptors (Lipinski definition) is 8. The van der Waals surface area contributed by atoms with Gasteiger partial charge < -0.3 is 19.7 Å². The zero-order chi connectivity index (χ0) is 37.8. The van der Waals surface area contributed by atoms with Crippen LogP contribution in [0.25, 0.3) is 0 Å². The van der Waals surface area contributed by atoms with Crippen LogP contribution in [0, 0.1) is 0 Å². The predicted octanol–water partition coefficient (Wildman–Crippen LogP) is 3.30. The summed E-state index contributed by atoms with van der Waals surface area (Å²) in [4.78, 5) is 23.6. The topological polar surface area (TPSA) is 192 Å². The van der Waals surface area contributed by atoms with Crippen molar-refractivity contribution in [2.45, 2.75) is 99.7 Å². The van der Waals surface area contributed by atoms with Crippen LogP contribution >= 0.6 is 0 Å². The van der Waals surface area contributed by atoms with Crippen molar-refractivity contribution in [1.29, 1.82) is 0 Å². The molecule has 0 saturated heterocycles. The van der Waals surface area contributed by atoms with Gasteiger partial charge in [-0.05, 0) is 81.5 Å². The molecule has 3 N–H and O–H groups in total. The number of rotatable bonds is 17. The molecule has 15 heteroatoms. The van der Waals surface area contributed by atoms with Crippen molar-refractivity contribution in [3.8, 4) is 0 Å². The Balaban J connectivity index is 0.00000729. The number of fused-ring (bicyclic) bond motifs is 2. The number of carboxylic acid groups (broad SMARTS) is 2. The summed E-state index contributed by atoms with van der Waals surface area (Å²) in [6.45, 7) is 8.99. The molecule has 2 aliphatic heterocycles. The van der Waals surface area contributed by atoms with Crippen LogP contribution in [0.4, 0.5) is 11.4 Å². The van der Waals surface area contributed by atoms with Crippen molar-refractivity contribution in [3.05, 3.63) is 83.6 Å². The molecule has 0 fully saturated rings. The van der Waals surface area contributed by atoms with E-state index in [0.717, 1.165) is 28.3 Å². The summed E-state index contributed by atoms with van der Waals surface area (Å²) >= 11 is 0. The first kappa shape index (κ1) is 43.9. The normalized spacial score (nSPS) is 17.2. The minimum atomic E-state index is -4.67. The van der Waals surface area contributed by atoms with Gasteiger partial charge in [-0.25, -0.2) is 8.42 Å². The van der Waals surface area contributed by atoms with Crippen molar-refractivity contribution in [3.63, 3.8) is 0 Å². The summed E-state index contributed by atoms with van der Waals surface area (Å²) in [5, 5.41) is 18.0. The average Bonchev–Trinajstić information content (AvgIpc) is 3.37. The number of carbonyl (C=O) groups is 2. The molecule has 52 heavy (non-hydrogen) atoms. The van der Waals surface area contributed by atoms with Crippen LogP contribution in [0.3, 0.4) is 0 Å². The number of allylic oxidation sites excluding steroid dienone is 6. The van der Waals surface area contributed by atoms with Gasteiger partial charge in [0.15, 0.2) is 5.71 Å². The second-order valence-corrected chi connectivity index (χ2v) is 16.7. The Morgan fingerprint density at radius 3 is 1.98 bits per heavy atom. The average molecular weight is 782 g/mol. The first-order chi connectivity index (χ1) is 23.8. The van der Waals surface area contributed by atoms with Crippen molar-refractivity contribution in [2.75, 3.05) is 18.0 Å². The molecule has 4 rings (SSSR count). The minimum absolute atomic E-state index is 0. The molecule has 0 saturated carbocycles. The maximum Gasteiger partial charge on any atom is 1.00 e. The molecule has 2 aromatic carbocycles. The van der Waals surface area contributed by atoms with Crippen LogP contribution in [0.1, 0.15) is 90.2 Å². The van der Waals surface area contributed by atoms with E-state index in [-0.39, 0.29) is 74.0 Å². The van der Waals surface area contributed by atoms with Gasteiger partial charge in [-0.15, -0.1) is 0 Å². The molecule has 2 heterocycles. The van der Waals surface area contributed by atoms with Crippen LogP contribution < -0.4 is 56.3 Å². The van der Waals surface area contributed by atoms with E-state index in [9.17, 15) is 35.5 Å².